The van der Waals surface area contributed by atoms with Crippen molar-refractivity contribution < 1.29 is 9.59 Å². The molecule has 0 aromatic heterocycles. The van der Waals surface area contributed by atoms with Crippen molar-refractivity contribution in [3.63, 3.8) is 0 Å². The van der Waals surface area contributed by atoms with E-state index < -0.39 is 0 Å². The summed E-state index contributed by atoms with van der Waals surface area (Å²) >= 11 is 0. The van der Waals surface area contributed by atoms with Crippen LogP contribution in [0, 0.1) is 0 Å². The second-order valence-electron chi connectivity index (χ2n) is 5.51. The first kappa shape index (κ1) is 19.4. The molecule has 128 valence electrons. The molecule has 0 saturated carbocycles. The van der Waals surface area contributed by atoms with Gasteiger partial charge >= 0.3 is 0 Å². The highest BCUT2D eigenvalue weighted by Gasteiger charge is 2.20. The molecule has 0 spiro atoms. The van der Waals surface area contributed by atoms with Gasteiger partial charge in [-0.05, 0) is 32.0 Å². The Morgan fingerprint density at radius 1 is 1.39 bits per heavy atom. The quantitative estimate of drug-likeness (QED) is 0.750. The number of piperazine rings is 1. The van der Waals surface area contributed by atoms with Crippen LogP contribution < -0.4 is 16.0 Å². The van der Waals surface area contributed by atoms with Gasteiger partial charge < -0.3 is 16.0 Å². The summed E-state index contributed by atoms with van der Waals surface area (Å²) in [5.41, 5.74) is 1.20. The van der Waals surface area contributed by atoms with E-state index in [-0.39, 0.29) is 24.2 Å². The molecule has 1 aliphatic rings. The second kappa shape index (κ2) is 9.50. The van der Waals surface area contributed by atoms with Crippen molar-refractivity contribution >= 4 is 29.9 Å². The summed E-state index contributed by atoms with van der Waals surface area (Å²) in [5, 5.41) is 8.91. The first-order chi connectivity index (χ1) is 10.6. The molecule has 0 radical (unpaired) electrons. The van der Waals surface area contributed by atoms with Crippen molar-refractivity contribution in [3.8, 4) is 0 Å². The number of carbonyl (C=O) groups is 2. The topological polar surface area (TPSA) is 73.5 Å². The van der Waals surface area contributed by atoms with Crippen LogP contribution in [0.3, 0.4) is 0 Å². The van der Waals surface area contributed by atoms with Crippen LogP contribution in [0.15, 0.2) is 24.3 Å². The third-order valence-corrected chi connectivity index (χ3v) is 3.73. The molecular formula is C16H25ClN4O2. The molecular weight excluding hydrogens is 316 g/mol. The maximum Gasteiger partial charge on any atom is 0.251 e. The van der Waals surface area contributed by atoms with Crippen molar-refractivity contribution in [1.29, 1.82) is 0 Å². The van der Waals surface area contributed by atoms with Crippen molar-refractivity contribution in [2.75, 3.05) is 38.0 Å². The predicted octanol–water partition coefficient (Wildman–Crippen LogP) is 1.09. The highest BCUT2D eigenvalue weighted by molar-refractivity contribution is 5.97. The van der Waals surface area contributed by atoms with Gasteiger partial charge in [0.2, 0.25) is 5.91 Å². The monoisotopic (exact) mass is 340 g/mol. The van der Waals surface area contributed by atoms with Crippen LogP contribution in [0.5, 0.6) is 0 Å². The third kappa shape index (κ3) is 5.82. The summed E-state index contributed by atoms with van der Waals surface area (Å²) < 4.78 is 0. The van der Waals surface area contributed by atoms with Gasteiger partial charge in [0.1, 0.15) is 0 Å². The zero-order valence-electron chi connectivity index (χ0n) is 13.6. The highest BCUT2D eigenvalue weighted by Crippen LogP contribution is 2.11. The van der Waals surface area contributed by atoms with Gasteiger partial charge in [-0.2, -0.15) is 0 Å². The van der Waals surface area contributed by atoms with Crippen LogP contribution in [0.25, 0.3) is 0 Å². The lowest BCUT2D eigenvalue weighted by Crippen LogP contribution is -2.51. The maximum atomic E-state index is 12.2. The number of nitrogens with one attached hydrogen (secondary N) is 3. The molecule has 0 bridgehead atoms. The number of hydrogen-bond donors (Lipinski definition) is 3. The van der Waals surface area contributed by atoms with Gasteiger partial charge in [0.05, 0.1) is 6.54 Å². The SMILES string of the molecule is CCNC(=O)c1cccc(NC(=O)CN2CCNC[C@@H]2C)c1.Cl. The highest BCUT2D eigenvalue weighted by atomic mass is 35.5. The Morgan fingerprint density at radius 2 is 2.17 bits per heavy atom. The molecule has 3 N–H and O–H groups in total. The Labute approximate surface area is 143 Å². The Balaban J connectivity index is 0.00000264. The molecule has 6 nitrogen and oxygen atoms in total. The molecule has 7 heteroatoms. The Kier molecular flexibility index (Phi) is 8.02. The number of benzene rings is 1. The summed E-state index contributed by atoms with van der Waals surface area (Å²) in [5.74, 6) is -0.184. The number of hydrogen-bond acceptors (Lipinski definition) is 4. The molecule has 1 aromatic carbocycles. The fraction of sp³-hybridized carbons (Fsp3) is 0.500. The van der Waals surface area contributed by atoms with Gasteiger partial charge in [0.15, 0.2) is 0 Å². The number of halogens is 1. The van der Waals surface area contributed by atoms with Crippen LogP contribution in [0.1, 0.15) is 24.2 Å². The molecule has 0 aliphatic carbocycles. The van der Waals surface area contributed by atoms with Crippen molar-refractivity contribution in [2.24, 2.45) is 0 Å². The van der Waals surface area contributed by atoms with E-state index in [1.807, 2.05) is 6.92 Å². The van der Waals surface area contributed by atoms with E-state index in [9.17, 15) is 9.59 Å². The molecule has 23 heavy (non-hydrogen) atoms. The van der Waals surface area contributed by atoms with Gasteiger partial charge in [0.25, 0.3) is 5.91 Å². The third-order valence-electron chi connectivity index (χ3n) is 3.73. The normalized spacial score (nSPS) is 17.9. The predicted molar refractivity (Wildman–Crippen MR) is 94.2 cm³/mol. The fourth-order valence-corrected chi connectivity index (χ4v) is 2.50. The minimum Gasteiger partial charge on any atom is -0.352 e. The molecule has 2 amide bonds. The number of rotatable bonds is 5. The molecule has 1 aliphatic heterocycles. The molecule has 1 heterocycles. The van der Waals surface area contributed by atoms with Crippen molar-refractivity contribution in [3.05, 3.63) is 29.8 Å². The average molecular weight is 341 g/mol. The van der Waals surface area contributed by atoms with Crippen LogP contribution in [-0.4, -0.2) is 55.5 Å². The first-order valence-electron chi connectivity index (χ1n) is 7.73. The molecule has 0 unspecified atom stereocenters. The van der Waals surface area contributed by atoms with Crippen LogP contribution in [-0.2, 0) is 4.79 Å². The molecule has 1 saturated heterocycles. The summed E-state index contributed by atoms with van der Waals surface area (Å²) in [4.78, 5) is 26.1. The lowest BCUT2D eigenvalue weighted by Gasteiger charge is -2.33. The number of amides is 2. The molecule has 2 rings (SSSR count). The average Bonchev–Trinajstić information content (AvgIpc) is 2.50. The van der Waals surface area contributed by atoms with E-state index in [0.717, 1.165) is 19.6 Å². The molecule has 1 atom stereocenters. The first-order valence-corrected chi connectivity index (χ1v) is 7.73. The van der Waals surface area contributed by atoms with E-state index in [0.29, 0.717) is 30.4 Å². The molecule has 1 fully saturated rings. The number of anilines is 1. The van der Waals surface area contributed by atoms with Crippen molar-refractivity contribution in [2.45, 2.75) is 19.9 Å². The lowest BCUT2D eigenvalue weighted by molar-refractivity contribution is -0.118. The zero-order chi connectivity index (χ0) is 15.9. The minimum absolute atomic E-state index is 0. The number of carbonyl (C=O) groups excluding carboxylic acids is 2. The smallest absolute Gasteiger partial charge is 0.251 e. The zero-order valence-corrected chi connectivity index (χ0v) is 14.4. The van der Waals surface area contributed by atoms with Gasteiger partial charge in [-0.25, -0.2) is 0 Å². The Bertz CT molecular complexity index is 539. The fourth-order valence-electron chi connectivity index (χ4n) is 2.50. The van der Waals surface area contributed by atoms with Crippen LogP contribution in [0.2, 0.25) is 0 Å². The molecule has 1 aromatic rings. The van der Waals surface area contributed by atoms with Gasteiger partial charge in [-0.15, -0.1) is 12.4 Å². The Hall–Kier alpha value is -1.63. The van der Waals surface area contributed by atoms with Gasteiger partial charge in [-0.1, -0.05) is 6.07 Å². The van der Waals surface area contributed by atoms with Crippen LogP contribution in [0.4, 0.5) is 5.69 Å². The standard InChI is InChI=1S/C16H24N4O2.ClH/c1-3-18-16(22)13-5-4-6-14(9-13)19-15(21)11-20-8-7-17-10-12(20)2;/h4-6,9,12,17H,3,7-8,10-11H2,1-2H3,(H,18,22)(H,19,21);1H/t12-;/m0./s1. The minimum atomic E-state index is -0.130. The van der Waals surface area contributed by atoms with Gasteiger partial charge in [0, 0.05) is 43.5 Å². The summed E-state index contributed by atoms with van der Waals surface area (Å²) in [6.45, 7) is 7.61. The number of nitrogens with zero attached hydrogens (tertiary/aromatic N) is 1. The van der Waals surface area contributed by atoms with E-state index >= 15 is 0 Å². The largest absolute Gasteiger partial charge is 0.352 e. The van der Waals surface area contributed by atoms with E-state index in [1.165, 1.54) is 0 Å². The van der Waals surface area contributed by atoms with Gasteiger partial charge in [-0.3, -0.25) is 14.5 Å². The lowest BCUT2D eigenvalue weighted by atomic mass is 10.2. The maximum absolute atomic E-state index is 12.2. The van der Waals surface area contributed by atoms with Crippen LogP contribution >= 0.6 is 12.4 Å². The summed E-state index contributed by atoms with van der Waals surface area (Å²) in [6.07, 6.45) is 0. The van der Waals surface area contributed by atoms with E-state index in [1.54, 1.807) is 24.3 Å². The summed E-state index contributed by atoms with van der Waals surface area (Å²) in [6, 6.07) is 7.35. The van der Waals surface area contributed by atoms with Crippen molar-refractivity contribution in [1.82, 2.24) is 15.5 Å². The second-order valence-corrected chi connectivity index (χ2v) is 5.51. The van der Waals surface area contributed by atoms with E-state index in [4.69, 9.17) is 0 Å². The Morgan fingerprint density at radius 3 is 2.87 bits per heavy atom. The summed E-state index contributed by atoms with van der Waals surface area (Å²) in [7, 11) is 0. The van der Waals surface area contributed by atoms with E-state index in [2.05, 4.69) is 27.8 Å².